The van der Waals surface area contributed by atoms with E-state index in [2.05, 4.69) is 13.5 Å². The SMILES string of the molecule is C=CCN(CC(=O)N(Cc1ccccc1)Cc1coc2ccc(C)cc2c1=O)C(=O)CCCCCCCC. The molecule has 6 nitrogen and oxygen atoms in total. The Kier molecular flexibility index (Phi) is 11.3. The maximum Gasteiger partial charge on any atom is 0.242 e. The van der Waals surface area contributed by atoms with Crippen LogP contribution in [0.25, 0.3) is 11.0 Å². The van der Waals surface area contributed by atoms with Crippen LogP contribution in [0, 0.1) is 6.92 Å². The molecule has 3 rings (SSSR count). The van der Waals surface area contributed by atoms with Crippen molar-refractivity contribution >= 4 is 22.8 Å². The molecule has 1 heterocycles. The number of amides is 2. The monoisotopic (exact) mass is 516 g/mol. The van der Waals surface area contributed by atoms with E-state index in [9.17, 15) is 14.4 Å². The van der Waals surface area contributed by atoms with Gasteiger partial charge in [0.25, 0.3) is 0 Å². The lowest BCUT2D eigenvalue weighted by Gasteiger charge is -2.27. The van der Waals surface area contributed by atoms with Crippen molar-refractivity contribution in [3.8, 4) is 0 Å². The quantitative estimate of drug-likeness (QED) is 0.173. The van der Waals surface area contributed by atoms with E-state index in [0.29, 0.717) is 36.0 Å². The van der Waals surface area contributed by atoms with E-state index in [1.165, 1.54) is 25.5 Å². The van der Waals surface area contributed by atoms with Crippen LogP contribution in [-0.2, 0) is 22.7 Å². The van der Waals surface area contributed by atoms with Gasteiger partial charge < -0.3 is 14.2 Å². The Balaban J connectivity index is 1.76. The molecular formula is C32H40N2O4. The lowest BCUT2D eigenvalue weighted by atomic mass is 10.1. The van der Waals surface area contributed by atoms with E-state index in [-0.39, 0.29) is 30.3 Å². The molecule has 2 amide bonds. The van der Waals surface area contributed by atoms with Crippen molar-refractivity contribution in [1.82, 2.24) is 9.80 Å². The highest BCUT2D eigenvalue weighted by molar-refractivity contribution is 5.85. The topological polar surface area (TPSA) is 70.8 Å². The third kappa shape index (κ3) is 8.44. The number of carbonyl (C=O) groups is 2. The van der Waals surface area contributed by atoms with Crippen molar-refractivity contribution in [3.05, 3.63) is 94.4 Å². The van der Waals surface area contributed by atoms with Crippen LogP contribution < -0.4 is 5.43 Å². The third-order valence-corrected chi connectivity index (χ3v) is 6.70. The molecule has 3 aromatic rings. The molecule has 1 aromatic heterocycles. The molecule has 0 N–H and O–H groups in total. The van der Waals surface area contributed by atoms with Crippen LogP contribution in [-0.4, -0.2) is 34.7 Å². The molecule has 6 heteroatoms. The second kappa shape index (κ2) is 14.9. The van der Waals surface area contributed by atoms with Gasteiger partial charge in [-0.15, -0.1) is 6.58 Å². The highest BCUT2D eigenvalue weighted by atomic mass is 16.3. The predicted molar refractivity (Wildman–Crippen MR) is 153 cm³/mol. The Bertz CT molecular complexity index is 1270. The molecule has 0 unspecified atom stereocenters. The predicted octanol–water partition coefficient (Wildman–Crippen LogP) is 6.40. The van der Waals surface area contributed by atoms with E-state index in [1.54, 1.807) is 28.0 Å². The average Bonchev–Trinajstić information content (AvgIpc) is 2.92. The fourth-order valence-electron chi connectivity index (χ4n) is 4.52. The molecule has 0 atom stereocenters. The summed E-state index contributed by atoms with van der Waals surface area (Å²) < 4.78 is 5.73. The Morgan fingerprint density at radius 2 is 1.66 bits per heavy atom. The van der Waals surface area contributed by atoms with Crippen LogP contribution >= 0.6 is 0 Å². The first kappa shape index (κ1) is 28.9. The zero-order valence-corrected chi connectivity index (χ0v) is 22.8. The zero-order valence-electron chi connectivity index (χ0n) is 22.8. The van der Waals surface area contributed by atoms with Crippen LogP contribution in [0.2, 0.25) is 0 Å². The molecule has 0 aliphatic rings. The minimum absolute atomic E-state index is 0.0471. The largest absolute Gasteiger partial charge is 0.464 e. The lowest BCUT2D eigenvalue weighted by molar-refractivity contribution is -0.140. The number of benzene rings is 2. The van der Waals surface area contributed by atoms with Crippen LogP contribution in [0.5, 0.6) is 0 Å². The molecule has 0 bridgehead atoms. The average molecular weight is 517 g/mol. The van der Waals surface area contributed by atoms with Gasteiger partial charge in [-0.2, -0.15) is 0 Å². The Labute approximate surface area is 225 Å². The summed E-state index contributed by atoms with van der Waals surface area (Å²) in [4.78, 5) is 43.0. The Morgan fingerprint density at radius 1 is 0.921 bits per heavy atom. The number of aryl methyl sites for hydroxylation is 1. The molecule has 0 saturated heterocycles. The summed E-state index contributed by atoms with van der Waals surface area (Å²) in [6, 6.07) is 15.1. The van der Waals surface area contributed by atoms with Gasteiger partial charge in [-0.05, 0) is 31.0 Å². The molecule has 0 aliphatic carbocycles. The zero-order chi connectivity index (χ0) is 27.3. The summed E-state index contributed by atoms with van der Waals surface area (Å²) >= 11 is 0. The van der Waals surface area contributed by atoms with Crippen molar-refractivity contribution in [2.75, 3.05) is 13.1 Å². The molecule has 38 heavy (non-hydrogen) atoms. The van der Waals surface area contributed by atoms with E-state index in [0.717, 1.165) is 30.4 Å². The van der Waals surface area contributed by atoms with Gasteiger partial charge in [0, 0.05) is 19.5 Å². The number of nitrogens with zero attached hydrogens (tertiary/aromatic N) is 2. The first-order valence-corrected chi connectivity index (χ1v) is 13.6. The normalized spacial score (nSPS) is 10.9. The van der Waals surface area contributed by atoms with Crippen molar-refractivity contribution < 1.29 is 14.0 Å². The van der Waals surface area contributed by atoms with Crippen molar-refractivity contribution in [3.63, 3.8) is 0 Å². The molecule has 0 aliphatic heterocycles. The van der Waals surface area contributed by atoms with E-state index >= 15 is 0 Å². The van der Waals surface area contributed by atoms with Crippen LogP contribution in [0.4, 0.5) is 0 Å². The summed E-state index contributed by atoms with van der Waals surface area (Å²) in [6.45, 7) is 8.53. The van der Waals surface area contributed by atoms with Gasteiger partial charge in [0.05, 0.1) is 23.8 Å². The van der Waals surface area contributed by atoms with Crippen LogP contribution in [0.15, 0.2) is 76.7 Å². The fraction of sp³-hybridized carbons (Fsp3) is 0.406. The number of carbonyl (C=O) groups excluding carboxylic acids is 2. The number of unbranched alkanes of at least 4 members (excludes halogenated alkanes) is 5. The van der Waals surface area contributed by atoms with E-state index in [4.69, 9.17) is 4.42 Å². The number of rotatable bonds is 15. The molecule has 202 valence electrons. The highest BCUT2D eigenvalue weighted by Gasteiger charge is 2.22. The van der Waals surface area contributed by atoms with E-state index < -0.39 is 0 Å². The van der Waals surface area contributed by atoms with Gasteiger partial charge in [-0.25, -0.2) is 0 Å². The molecule has 0 spiro atoms. The maximum atomic E-state index is 13.6. The van der Waals surface area contributed by atoms with Gasteiger partial charge >= 0.3 is 0 Å². The first-order chi connectivity index (χ1) is 18.4. The molecule has 2 aromatic carbocycles. The first-order valence-electron chi connectivity index (χ1n) is 13.6. The summed E-state index contributed by atoms with van der Waals surface area (Å²) in [5, 5.41) is 0.497. The highest BCUT2D eigenvalue weighted by Crippen LogP contribution is 2.16. The summed E-state index contributed by atoms with van der Waals surface area (Å²) in [6.07, 6.45) is 10.1. The van der Waals surface area contributed by atoms with E-state index in [1.807, 2.05) is 43.3 Å². The van der Waals surface area contributed by atoms with Gasteiger partial charge in [0.1, 0.15) is 12.1 Å². The molecule has 0 fully saturated rings. The number of fused-ring (bicyclic) bond motifs is 1. The van der Waals surface area contributed by atoms with Gasteiger partial charge in [-0.3, -0.25) is 14.4 Å². The van der Waals surface area contributed by atoms with Gasteiger partial charge in [0.15, 0.2) is 5.43 Å². The Morgan fingerprint density at radius 3 is 2.39 bits per heavy atom. The summed E-state index contributed by atoms with van der Waals surface area (Å²) in [7, 11) is 0. The van der Waals surface area contributed by atoms with Crippen molar-refractivity contribution in [1.29, 1.82) is 0 Å². The number of hydrogen-bond acceptors (Lipinski definition) is 4. The summed E-state index contributed by atoms with van der Waals surface area (Å²) in [5.41, 5.74) is 2.67. The maximum absolute atomic E-state index is 13.6. The standard InChI is InChI=1S/C32H40N2O4/c1-4-6-7-8-9-13-16-30(35)33(19-5-2)23-31(36)34(21-26-14-11-10-12-15-26)22-27-24-38-29-18-17-25(3)20-28(29)32(27)37/h5,10-12,14-15,17-18,20,24H,2,4,6-9,13,16,19,21-23H2,1,3H3. The third-order valence-electron chi connectivity index (χ3n) is 6.70. The molecule has 0 saturated carbocycles. The minimum Gasteiger partial charge on any atom is -0.464 e. The fourth-order valence-corrected chi connectivity index (χ4v) is 4.52. The Hall–Kier alpha value is -3.67. The van der Waals surface area contributed by atoms with Gasteiger partial charge in [0.2, 0.25) is 11.8 Å². The van der Waals surface area contributed by atoms with Crippen molar-refractivity contribution in [2.45, 2.75) is 71.9 Å². The lowest BCUT2D eigenvalue weighted by Crippen LogP contribution is -2.43. The number of hydrogen-bond donors (Lipinski definition) is 0. The van der Waals surface area contributed by atoms with Gasteiger partial charge in [-0.1, -0.05) is 87.1 Å². The second-order valence-electron chi connectivity index (χ2n) is 9.91. The second-order valence-corrected chi connectivity index (χ2v) is 9.91. The minimum atomic E-state index is -0.226. The summed E-state index contributed by atoms with van der Waals surface area (Å²) in [5.74, 6) is -0.273. The van der Waals surface area contributed by atoms with Crippen molar-refractivity contribution in [2.24, 2.45) is 0 Å². The molecular weight excluding hydrogens is 476 g/mol. The smallest absolute Gasteiger partial charge is 0.242 e. The molecule has 0 radical (unpaired) electrons. The van der Waals surface area contributed by atoms with Crippen LogP contribution in [0.3, 0.4) is 0 Å². The van der Waals surface area contributed by atoms with Crippen LogP contribution in [0.1, 0.15) is 68.6 Å².